The Balaban J connectivity index is 1.28. The number of ether oxygens (including phenoxy) is 1. The summed E-state index contributed by atoms with van der Waals surface area (Å²) in [6, 6.07) is 0.331. The van der Waals surface area contributed by atoms with Gasteiger partial charge in [-0.1, -0.05) is 11.3 Å². The third-order valence-corrected chi connectivity index (χ3v) is 11.6. The number of hydrogen-bond acceptors (Lipinski definition) is 10. The first kappa shape index (κ1) is 29.5. The molecule has 248 valence electrons. The second-order valence-electron chi connectivity index (χ2n) is 13.5. The van der Waals surface area contributed by atoms with Gasteiger partial charge in [-0.05, 0) is 44.4 Å². The summed E-state index contributed by atoms with van der Waals surface area (Å²) in [5.74, 6) is -4.85. The molecule has 10 nitrogen and oxygen atoms in total. The van der Waals surface area contributed by atoms with Crippen LogP contribution in [0.1, 0.15) is 44.6 Å². The van der Waals surface area contributed by atoms with E-state index in [0.29, 0.717) is 26.1 Å². The highest BCUT2D eigenvalue weighted by Crippen LogP contribution is 2.54. The standard InChI is InChI=1S/C31H31F5N8O2S/c32-14-8-30(6-1-7-42(30)12-14)13-46-29-40-23-20(26(41-29)43-15-2-3-16(43)11-38-10-15)27(45)44(19-9-31(19,35)36)24(21(23)34)17-4-5-18(33)25-22(17)39-28(37)47-25/h4-5,14-16,19,38H,1-3,6-13H2,(H2,37,39)/t14-,15?,16?,19?,30+/m1/s1. The highest BCUT2D eigenvalue weighted by Gasteiger charge is 2.60. The number of nitrogens with two attached hydrogens (primary N) is 1. The third kappa shape index (κ3) is 4.39. The van der Waals surface area contributed by atoms with Crippen molar-refractivity contribution in [2.75, 3.05) is 43.4 Å². The van der Waals surface area contributed by atoms with Crippen LogP contribution in [0.5, 0.6) is 6.01 Å². The van der Waals surface area contributed by atoms with E-state index in [1.165, 1.54) is 6.07 Å². The Morgan fingerprint density at radius 2 is 1.85 bits per heavy atom. The molecule has 47 heavy (non-hydrogen) atoms. The maximum atomic E-state index is 17.2. The number of aromatic nitrogens is 4. The first-order valence-electron chi connectivity index (χ1n) is 15.9. The zero-order valence-electron chi connectivity index (χ0n) is 25.1. The van der Waals surface area contributed by atoms with E-state index < -0.39 is 53.0 Å². The second-order valence-corrected chi connectivity index (χ2v) is 14.5. The fraction of sp³-hybridized carbons (Fsp3) is 0.548. The van der Waals surface area contributed by atoms with Crippen molar-refractivity contribution in [1.29, 1.82) is 0 Å². The van der Waals surface area contributed by atoms with Crippen LogP contribution >= 0.6 is 11.3 Å². The molecule has 3 unspecified atom stereocenters. The van der Waals surface area contributed by atoms with Gasteiger partial charge in [0, 0.05) is 50.1 Å². The topological polar surface area (TPSA) is 114 Å². The number of thiazole rings is 1. The number of hydrogen-bond donors (Lipinski definition) is 2. The molecule has 5 atom stereocenters. The van der Waals surface area contributed by atoms with Crippen LogP contribution in [0.15, 0.2) is 16.9 Å². The van der Waals surface area contributed by atoms with Gasteiger partial charge in [0.2, 0.25) is 0 Å². The van der Waals surface area contributed by atoms with Gasteiger partial charge in [0.15, 0.2) is 10.9 Å². The number of alkyl halides is 3. The number of halogens is 5. The van der Waals surface area contributed by atoms with Gasteiger partial charge in [-0.2, -0.15) is 9.97 Å². The summed E-state index contributed by atoms with van der Waals surface area (Å²) in [5.41, 5.74) is 3.50. The lowest BCUT2D eigenvalue weighted by atomic mass is 9.95. The van der Waals surface area contributed by atoms with Crippen molar-refractivity contribution in [3.05, 3.63) is 34.1 Å². The molecular formula is C31H31F5N8O2S. The van der Waals surface area contributed by atoms with Crippen molar-refractivity contribution >= 4 is 43.4 Å². The van der Waals surface area contributed by atoms with Crippen LogP contribution < -0.4 is 26.2 Å². The predicted molar refractivity (Wildman–Crippen MR) is 166 cm³/mol. The number of fused-ring (bicyclic) bond motifs is 5. The SMILES string of the molecule is Nc1nc2c(-c3c(F)c4nc(OC[C@@]56CCCN5C[C@H](F)C6)nc(N5C6CCC5CNC6)c4c(=O)n3C3CC3(F)F)ccc(F)c2s1. The van der Waals surface area contributed by atoms with Crippen LogP contribution in [0.4, 0.5) is 32.9 Å². The molecule has 2 bridgehead atoms. The second kappa shape index (κ2) is 10.2. The first-order chi connectivity index (χ1) is 22.5. The molecule has 9 rings (SSSR count). The summed E-state index contributed by atoms with van der Waals surface area (Å²) in [7, 11) is 0. The number of nitrogen functional groups attached to an aromatic ring is 1. The summed E-state index contributed by atoms with van der Waals surface area (Å²) in [4.78, 5) is 31.9. The monoisotopic (exact) mass is 674 g/mol. The van der Waals surface area contributed by atoms with Crippen molar-refractivity contribution in [3.63, 3.8) is 0 Å². The van der Waals surface area contributed by atoms with E-state index in [2.05, 4.69) is 20.2 Å². The molecule has 1 aliphatic carbocycles. The van der Waals surface area contributed by atoms with Gasteiger partial charge in [0.05, 0.1) is 21.4 Å². The van der Waals surface area contributed by atoms with Crippen molar-refractivity contribution in [2.24, 2.45) is 0 Å². The number of nitrogens with one attached hydrogen (secondary N) is 1. The minimum Gasteiger partial charge on any atom is -0.461 e. The zero-order valence-corrected chi connectivity index (χ0v) is 25.9. The molecule has 3 N–H and O–H groups in total. The smallest absolute Gasteiger partial charge is 0.319 e. The van der Waals surface area contributed by atoms with Gasteiger partial charge in [-0.25, -0.2) is 26.9 Å². The molecule has 4 aromatic rings. The number of anilines is 2. The molecule has 16 heteroatoms. The van der Waals surface area contributed by atoms with Crippen LogP contribution in [-0.2, 0) is 0 Å². The summed E-state index contributed by atoms with van der Waals surface area (Å²) in [6.45, 7) is 2.33. The quantitative estimate of drug-likeness (QED) is 0.287. The fourth-order valence-corrected chi connectivity index (χ4v) is 9.22. The summed E-state index contributed by atoms with van der Waals surface area (Å²) < 4.78 is 83.2. The van der Waals surface area contributed by atoms with Gasteiger partial charge in [-0.15, -0.1) is 0 Å². The Labute approximate surface area is 268 Å². The maximum absolute atomic E-state index is 17.2. The van der Waals surface area contributed by atoms with Crippen molar-refractivity contribution in [3.8, 4) is 17.3 Å². The van der Waals surface area contributed by atoms with E-state index in [-0.39, 0.29) is 62.3 Å². The van der Waals surface area contributed by atoms with Gasteiger partial charge in [0.25, 0.3) is 11.5 Å². The average molecular weight is 675 g/mol. The van der Waals surface area contributed by atoms with E-state index in [9.17, 15) is 22.4 Å². The van der Waals surface area contributed by atoms with Crippen molar-refractivity contribution in [1.82, 2.24) is 29.7 Å². The van der Waals surface area contributed by atoms with Crippen molar-refractivity contribution < 1.29 is 26.7 Å². The van der Waals surface area contributed by atoms with E-state index in [0.717, 1.165) is 54.2 Å². The summed E-state index contributed by atoms with van der Waals surface area (Å²) >= 11 is 0.832. The molecule has 5 aliphatic rings. The third-order valence-electron chi connectivity index (χ3n) is 10.7. The number of pyridine rings is 1. The van der Waals surface area contributed by atoms with Crippen LogP contribution in [0.25, 0.3) is 32.4 Å². The zero-order chi connectivity index (χ0) is 32.4. The van der Waals surface area contributed by atoms with Crippen LogP contribution in [0, 0.1) is 11.6 Å². The van der Waals surface area contributed by atoms with Gasteiger partial charge < -0.3 is 20.7 Å². The summed E-state index contributed by atoms with van der Waals surface area (Å²) in [5, 5.41) is 3.14. The van der Waals surface area contributed by atoms with Gasteiger partial charge in [0.1, 0.15) is 41.4 Å². The normalized spacial score (nSPS) is 29.7. The predicted octanol–water partition coefficient (Wildman–Crippen LogP) is 4.40. The molecule has 4 aliphatic heterocycles. The maximum Gasteiger partial charge on any atom is 0.319 e. The molecule has 0 spiro atoms. The number of benzene rings is 1. The van der Waals surface area contributed by atoms with Gasteiger partial charge in [-0.3, -0.25) is 14.3 Å². The highest BCUT2D eigenvalue weighted by molar-refractivity contribution is 7.22. The van der Waals surface area contributed by atoms with Gasteiger partial charge >= 0.3 is 6.01 Å². The molecule has 0 radical (unpaired) electrons. The first-order valence-corrected chi connectivity index (χ1v) is 16.8. The molecule has 5 fully saturated rings. The molecule has 3 aromatic heterocycles. The number of rotatable bonds is 6. The molecule has 7 heterocycles. The van der Waals surface area contributed by atoms with Crippen molar-refractivity contribution in [2.45, 2.75) is 74.3 Å². The van der Waals surface area contributed by atoms with Crippen LogP contribution in [0.2, 0.25) is 0 Å². The Kier molecular flexibility index (Phi) is 6.40. The average Bonchev–Trinajstić information content (AvgIpc) is 3.41. The number of nitrogens with zero attached hydrogens (tertiary/aromatic N) is 6. The highest BCUT2D eigenvalue weighted by atomic mass is 32.1. The van der Waals surface area contributed by atoms with E-state index in [4.69, 9.17) is 15.5 Å². The Morgan fingerprint density at radius 1 is 1.09 bits per heavy atom. The Morgan fingerprint density at radius 3 is 2.60 bits per heavy atom. The van der Waals surface area contributed by atoms with Crippen LogP contribution in [0.3, 0.4) is 0 Å². The number of piperazine rings is 1. The van der Waals surface area contributed by atoms with Crippen LogP contribution in [-0.4, -0.2) is 86.9 Å². The van der Waals surface area contributed by atoms with E-state index >= 15 is 4.39 Å². The molecular weight excluding hydrogens is 643 g/mol. The molecule has 0 amide bonds. The largest absolute Gasteiger partial charge is 0.461 e. The Bertz CT molecular complexity index is 2010. The minimum absolute atomic E-state index is 0.00422. The van der Waals surface area contributed by atoms with E-state index in [1.807, 2.05) is 4.90 Å². The summed E-state index contributed by atoms with van der Waals surface area (Å²) in [6.07, 6.45) is 1.85. The lowest BCUT2D eigenvalue weighted by molar-refractivity contribution is 0.100. The lowest BCUT2D eigenvalue weighted by Crippen LogP contribution is -2.52. The molecule has 1 aromatic carbocycles. The lowest BCUT2D eigenvalue weighted by Gasteiger charge is -2.37. The Hall–Kier alpha value is -3.63. The van der Waals surface area contributed by atoms with E-state index in [1.54, 1.807) is 0 Å². The molecule has 4 saturated heterocycles. The fourth-order valence-electron chi connectivity index (χ4n) is 8.46. The minimum atomic E-state index is -3.26. The molecule has 1 saturated carbocycles.